The summed E-state index contributed by atoms with van der Waals surface area (Å²) in [5.41, 5.74) is 0. The Morgan fingerprint density at radius 1 is 1.67 bits per heavy atom. The highest BCUT2D eigenvalue weighted by molar-refractivity contribution is 5.94. The molecule has 0 spiro atoms. The number of ether oxygens (including phenoxy) is 2. The van der Waals surface area contributed by atoms with Gasteiger partial charge in [0.05, 0.1) is 25.4 Å². The van der Waals surface area contributed by atoms with Crippen molar-refractivity contribution in [3.05, 3.63) is 11.8 Å². The van der Waals surface area contributed by atoms with Crippen LogP contribution in [0.15, 0.2) is 11.8 Å². The highest BCUT2D eigenvalue weighted by Gasteiger charge is 2.25. The normalized spacial score (nSPS) is 22.7. The maximum absolute atomic E-state index is 11.2. The van der Waals surface area contributed by atoms with Crippen LogP contribution in [0.1, 0.15) is 13.3 Å². The molecule has 0 amide bonds. The Morgan fingerprint density at radius 2 is 2.42 bits per heavy atom. The van der Waals surface area contributed by atoms with Gasteiger partial charge in [-0.1, -0.05) is 0 Å². The topological polar surface area (TPSA) is 35.5 Å². The molecular formula is C9H14O3. The second-order valence-electron chi connectivity index (χ2n) is 2.78. The minimum atomic E-state index is -0.0140. The van der Waals surface area contributed by atoms with Gasteiger partial charge in [-0.3, -0.25) is 4.79 Å². The molecule has 1 aliphatic rings. The zero-order chi connectivity index (χ0) is 8.97. The van der Waals surface area contributed by atoms with Crippen LogP contribution < -0.4 is 0 Å². The molecule has 1 unspecified atom stereocenters. The minimum absolute atomic E-state index is 0.0140. The number of carbonyl (C=O) groups excluding carboxylic acids is 1. The van der Waals surface area contributed by atoms with Gasteiger partial charge in [-0.15, -0.1) is 0 Å². The van der Waals surface area contributed by atoms with E-state index < -0.39 is 0 Å². The highest BCUT2D eigenvalue weighted by Crippen LogP contribution is 2.22. The van der Waals surface area contributed by atoms with Crippen molar-refractivity contribution in [2.75, 3.05) is 20.3 Å². The van der Waals surface area contributed by atoms with Gasteiger partial charge in [0, 0.05) is 19.1 Å². The van der Waals surface area contributed by atoms with Crippen molar-refractivity contribution in [1.29, 1.82) is 0 Å². The zero-order valence-electron chi connectivity index (χ0n) is 7.50. The zero-order valence-corrected chi connectivity index (χ0v) is 7.50. The maximum Gasteiger partial charge on any atom is 0.164 e. The maximum atomic E-state index is 11.2. The summed E-state index contributed by atoms with van der Waals surface area (Å²) >= 11 is 0. The molecule has 0 radical (unpaired) electrons. The summed E-state index contributed by atoms with van der Waals surface area (Å²) in [5, 5.41) is 0. The van der Waals surface area contributed by atoms with Crippen LogP contribution in [0.5, 0.6) is 0 Å². The predicted octanol–water partition coefficient (Wildman–Crippen LogP) is 1.14. The van der Waals surface area contributed by atoms with Crippen molar-refractivity contribution >= 4 is 5.78 Å². The first-order chi connectivity index (χ1) is 5.77. The van der Waals surface area contributed by atoms with Gasteiger partial charge in [0.2, 0.25) is 0 Å². The van der Waals surface area contributed by atoms with Crippen molar-refractivity contribution in [3.63, 3.8) is 0 Å². The number of allylic oxidation sites excluding steroid dienone is 2. The smallest absolute Gasteiger partial charge is 0.164 e. The molecule has 0 aromatic rings. The van der Waals surface area contributed by atoms with Crippen molar-refractivity contribution in [2.45, 2.75) is 13.3 Å². The average molecular weight is 170 g/mol. The Morgan fingerprint density at radius 3 is 2.92 bits per heavy atom. The Hall–Kier alpha value is -0.830. The molecule has 1 aliphatic carbocycles. The minimum Gasteiger partial charge on any atom is -0.501 e. The van der Waals surface area contributed by atoms with Gasteiger partial charge in [-0.25, -0.2) is 0 Å². The lowest BCUT2D eigenvalue weighted by Gasteiger charge is -2.07. The Labute approximate surface area is 72.4 Å². The van der Waals surface area contributed by atoms with E-state index in [1.54, 1.807) is 13.2 Å². The van der Waals surface area contributed by atoms with Crippen LogP contribution >= 0.6 is 0 Å². The molecule has 68 valence electrons. The summed E-state index contributed by atoms with van der Waals surface area (Å²) in [6, 6.07) is 0. The number of hydrogen-bond acceptors (Lipinski definition) is 3. The molecule has 0 N–H and O–H groups in total. The predicted molar refractivity (Wildman–Crippen MR) is 44.7 cm³/mol. The van der Waals surface area contributed by atoms with Crippen LogP contribution in [0.2, 0.25) is 0 Å². The molecule has 3 nitrogen and oxygen atoms in total. The van der Waals surface area contributed by atoms with Crippen molar-refractivity contribution in [1.82, 2.24) is 0 Å². The molecule has 0 saturated heterocycles. The summed E-state index contributed by atoms with van der Waals surface area (Å²) < 4.78 is 10.1. The van der Waals surface area contributed by atoms with Gasteiger partial charge < -0.3 is 9.47 Å². The van der Waals surface area contributed by atoms with Crippen LogP contribution in [-0.4, -0.2) is 26.1 Å². The van der Waals surface area contributed by atoms with Gasteiger partial charge in [-0.05, 0) is 6.92 Å². The van der Waals surface area contributed by atoms with Gasteiger partial charge in [-0.2, -0.15) is 0 Å². The van der Waals surface area contributed by atoms with E-state index in [9.17, 15) is 4.79 Å². The van der Waals surface area contributed by atoms with Gasteiger partial charge in [0.1, 0.15) is 0 Å². The standard InChI is InChI=1S/C9H14O3/c1-3-12-6-7-4-8(11-2)5-9(7)10/h5,7H,3-4,6H2,1-2H3. The van der Waals surface area contributed by atoms with Crippen molar-refractivity contribution in [2.24, 2.45) is 5.92 Å². The van der Waals surface area contributed by atoms with Crippen LogP contribution in [-0.2, 0) is 14.3 Å². The average Bonchev–Trinajstić information content (AvgIpc) is 2.43. The number of hydrogen-bond donors (Lipinski definition) is 0. The molecule has 12 heavy (non-hydrogen) atoms. The third-order valence-electron chi connectivity index (χ3n) is 1.94. The van der Waals surface area contributed by atoms with E-state index in [-0.39, 0.29) is 11.7 Å². The second kappa shape index (κ2) is 4.26. The van der Waals surface area contributed by atoms with E-state index >= 15 is 0 Å². The molecular weight excluding hydrogens is 156 g/mol. The molecule has 0 aromatic carbocycles. The summed E-state index contributed by atoms with van der Waals surface area (Å²) in [6.07, 6.45) is 2.25. The number of ketones is 1. The molecule has 1 rings (SSSR count). The van der Waals surface area contributed by atoms with Crippen LogP contribution in [0.4, 0.5) is 0 Å². The molecule has 0 aliphatic heterocycles. The lowest BCUT2D eigenvalue weighted by atomic mass is 10.1. The van der Waals surface area contributed by atoms with Crippen LogP contribution in [0.3, 0.4) is 0 Å². The van der Waals surface area contributed by atoms with E-state index in [1.807, 2.05) is 6.92 Å². The highest BCUT2D eigenvalue weighted by atomic mass is 16.5. The summed E-state index contributed by atoms with van der Waals surface area (Å²) in [4.78, 5) is 11.2. The molecule has 1 atom stereocenters. The fourth-order valence-corrected chi connectivity index (χ4v) is 1.22. The molecule has 0 bridgehead atoms. The van der Waals surface area contributed by atoms with Crippen molar-refractivity contribution < 1.29 is 14.3 Å². The lowest BCUT2D eigenvalue weighted by Crippen LogP contribution is -2.14. The first-order valence-electron chi connectivity index (χ1n) is 4.14. The molecule has 0 saturated carbocycles. The SMILES string of the molecule is CCOCC1CC(OC)=CC1=O. The lowest BCUT2D eigenvalue weighted by molar-refractivity contribution is -0.119. The number of carbonyl (C=O) groups is 1. The third kappa shape index (κ3) is 2.08. The Kier molecular flexibility index (Phi) is 3.29. The fraction of sp³-hybridized carbons (Fsp3) is 0.667. The van der Waals surface area contributed by atoms with Crippen molar-refractivity contribution in [3.8, 4) is 0 Å². The Balaban J connectivity index is 2.37. The fourth-order valence-electron chi connectivity index (χ4n) is 1.22. The van der Waals surface area contributed by atoms with E-state index in [1.165, 1.54) is 0 Å². The van der Waals surface area contributed by atoms with E-state index in [0.29, 0.717) is 19.6 Å². The monoisotopic (exact) mass is 170 g/mol. The molecule has 0 fully saturated rings. The first-order valence-corrected chi connectivity index (χ1v) is 4.14. The van der Waals surface area contributed by atoms with E-state index in [0.717, 1.165) is 5.76 Å². The largest absolute Gasteiger partial charge is 0.501 e. The van der Waals surface area contributed by atoms with Gasteiger partial charge in [0.25, 0.3) is 0 Å². The van der Waals surface area contributed by atoms with E-state index in [4.69, 9.17) is 9.47 Å². The summed E-state index contributed by atoms with van der Waals surface area (Å²) in [7, 11) is 1.59. The summed E-state index contributed by atoms with van der Waals surface area (Å²) in [5.74, 6) is 0.880. The Bertz CT molecular complexity index is 196. The van der Waals surface area contributed by atoms with Crippen LogP contribution in [0, 0.1) is 5.92 Å². The first kappa shape index (κ1) is 9.26. The number of methoxy groups -OCH3 is 1. The second-order valence-corrected chi connectivity index (χ2v) is 2.78. The molecule has 3 heteroatoms. The van der Waals surface area contributed by atoms with Gasteiger partial charge >= 0.3 is 0 Å². The molecule has 0 heterocycles. The molecule has 0 aromatic heterocycles. The quantitative estimate of drug-likeness (QED) is 0.634. The van der Waals surface area contributed by atoms with E-state index in [2.05, 4.69) is 0 Å². The van der Waals surface area contributed by atoms with Gasteiger partial charge in [0.15, 0.2) is 5.78 Å². The summed E-state index contributed by atoms with van der Waals surface area (Å²) in [6.45, 7) is 3.09. The number of rotatable bonds is 4. The third-order valence-corrected chi connectivity index (χ3v) is 1.94. The van der Waals surface area contributed by atoms with Crippen LogP contribution in [0.25, 0.3) is 0 Å².